The number of rotatable bonds is 8. The van der Waals surface area contributed by atoms with Crippen molar-refractivity contribution >= 4 is 33.2 Å². The summed E-state index contributed by atoms with van der Waals surface area (Å²) in [5, 5.41) is 28.2. The number of sulfonamides is 1. The van der Waals surface area contributed by atoms with E-state index in [-0.39, 0.29) is 27.8 Å². The monoisotopic (exact) mass is 494 g/mol. The van der Waals surface area contributed by atoms with Crippen LogP contribution in [0.15, 0.2) is 72.8 Å². The van der Waals surface area contributed by atoms with Gasteiger partial charge in [-0.25, -0.2) is 13.6 Å². The third-order valence-electron chi connectivity index (χ3n) is 5.66. The molecule has 32 heavy (non-hydrogen) atoms. The van der Waals surface area contributed by atoms with Gasteiger partial charge < -0.3 is 15.9 Å². The standard InChI is InChI=1S/C23H24Cl2N2O4S/c24-19-11-10-16(13-20(19)25)18(12-15-6-2-1-3-7-15)23(22(29)14-26,32(27,30)31)17-8-4-5-9-21(17)28/h1-11,13,18,22,28-29H,12,14,26H2,(H2,27,30,31). The number of benzene rings is 3. The van der Waals surface area contributed by atoms with Crippen LogP contribution in [0.25, 0.3) is 0 Å². The predicted octanol–water partition coefficient (Wildman–Crippen LogP) is 3.53. The molecular weight excluding hydrogens is 471 g/mol. The Kier molecular flexibility index (Phi) is 7.50. The maximum absolute atomic E-state index is 13.4. The van der Waals surface area contributed by atoms with Crippen LogP contribution in [0, 0.1) is 0 Å². The Hall–Kier alpha value is -2.13. The summed E-state index contributed by atoms with van der Waals surface area (Å²) in [6.07, 6.45) is -1.49. The third-order valence-corrected chi connectivity index (χ3v) is 8.12. The highest BCUT2D eigenvalue weighted by atomic mass is 35.5. The maximum Gasteiger partial charge on any atom is 0.222 e. The lowest BCUT2D eigenvalue weighted by molar-refractivity contribution is 0.112. The summed E-state index contributed by atoms with van der Waals surface area (Å²) in [6, 6.07) is 19.7. The van der Waals surface area contributed by atoms with Crippen LogP contribution in [0.5, 0.6) is 5.75 Å². The van der Waals surface area contributed by atoms with Gasteiger partial charge in [-0.1, -0.05) is 77.8 Å². The molecule has 0 aliphatic carbocycles. The fourth-order valence-electron chi connectivity index (χ4n) is 4.22. The van der Waals surface area contributed by atoms with Crippen molar-refractivity contribution in [3.63, 3.8) is 0 Å². The lowest BCUT2D eigenvalue weighted by atomic mass is 9.73. The molecule has 0 aromatic heterocycles. The van der Waals surface area contributed by atoms with Crippen molar-refractivity contribution in [2.45, 2.75) is 23.2 Å². The van der Waals surface area contributed by atoms with Gasteiger partial charge in [0.25, 0.3) is 0 Å². The fraction of sp³-hybridized carbons (Fsp3) is 0.217. The van der Waals surface area contributed by atoms with Gasteiger partial charge in [0.05, 0.1) is 16.1 Å². The molecule has 0 saturated carbocycles. The van der Waals surface area contributed by atoms with Crippen LogP contribution in [0.2, 0.25) is 10.0 Å². The SMILES string of the molecule is NCC(O)C(c1ccccc1O)(C(Cc1ccccc1)c1ccc(Cl)c(Cl)c1)S(N)(=O)=O. The first-order chi connectivity index (χ1) is 15.1. The van der Waals surface area contributed by atoms with E-state index >= 15 is 0 Å². The fourth-order valence-corrected chi connectivity index (χ4v) is 6.09. The van der Waals surface area contributed by atoms with Crippen molar-refractivity contribution in [1.82, 2.24) is 0 Å². The predicted molar refractivity (Wildman–Crippen MR) is 127 cm³/mol. The van der Waals surface area contributed by atoms with Crippen LogP contribution in [0.3, 0.4) is 0 Å². The smallest absolute Gasteiger partial charge is 0.222 e. The van der Waals surface area contributed by atoms with E-state index in [0.29, 0.717) is 5.56 Å². The second kappa shape index (κ2) is 9.79. The summed E-state index contributed by atoms with van der Waals surface area (Å²) in [4.78, 5) is 0. The highest BCUT2D eigenvalue weighted by Gasteiger charge is 2.56. The third kappa shape index (κ3) is 4.50. The molecule has 170 valence electrons. The second-order valence-electron chi connectivity index (χ2n) is 7.52. The minimum absolute atomic E-state index is 0.0487. The molecule has 3 aromatic rings. The van der Waals surface area contributed by atoms with Gasteiger partial charge in [0, 0.05) is 18.0 Å². The van der Waals surface area contributed by atoms with Crippen LogP contribution >= 0.6 is 23.2 Å². The molecule has 6 N–H and O–H groups in total. The number of aromatic hydroxyl groups is 1. The van der Waals surface area contributed by atoms with Gasteiger partial charge in [0.2, 0.25) is 10.0 Å². The number of phenols is 1. The molecule has 0 aliphatic heterocycles. The Morgan fingerprint density at radius 1 is 0.938 bits per heavy atom. The van der Waals surface area contributed by atoms with Crippen molar-refractivity contribution in [3.05, 3.63) is 99.5 Å². The summed E-state index contributed by atoms with van der Waals surface area (Å²) in [7, 11) is -4.57. The molecule has 3 rings (SSSR count). The van der Waals surface area contributed by atoms with Crippen LogP contribution in [0.4, 0.5) is 0 Å². The highest BCUT2D eigenvalue weighted by molar-refractivity contribution is 7.90. The van der Waals surface area contributed by atoms with Gasteiger partial charge >= 0.3 is 0 Å². The molecule has 6 nitrogen and oxygen atoms in total. The number of aliphatic hydroxyl groups excluding tert-OH is 1. The second-order valence-corrected chi connectivity index (χ2v) is 10.1. The van der Waals surface area contributed by atoms with Gasteiger partial charge in [-0.2, -0.15) is 0 Å². The number of nitrogens with two attached hydrogens (primary N) is 2. The number of primary sulfonamides is 1. The molecule has 0 amide bonds. The zero-order chi connectivity index (χ0) is 23.5. The molecule has 0 saturated heterocycles. The normalized spacial score (nSPS) is 15.7. The van der Waals surface area contributed by atoms with E-state index in [1.54, 1.807) is 30.3 Å². The quantitative estimate of drug-likeness (QED) is 0.380. The molecule has 3 atom stereocenters. The van der Waals surface area contributed by atoms with Crippen LogP contribution in [0.1, 0.15) is 22.6 Å². The molecule has 3 unspecified atom stereocenters. The van der Waals surface area contributed by atoms with Crippen LogP contribution < -0.4 is 10.9 Å². The zero-order valence-corrected chi connectivity index (χ0v) is 19.4. The molecule has 0 spiro atoms. The van der Waals surface area contributed by atoms with E-state index in [9.17, 15) is 18.6 Å². The van der Waals surface area contributed by atoms with Crippen molar-refractivity contribution in [1.29, 1.82) is 0 Å². The minimum Gasteiger partial charge on any atom is -0.508 e. The minimum atomic E-state index is -4.57. The molecule has 3 aromatic carbocycles. The molecule has 9 heteroatoms. The zero-order valence-electron chi connectivity index (χ0n) is 17.0. The topological polar surface area (TPSA) is 127 Å². The van der Waals surface area contributed by atoms with Crippen molar-refractivity contribution in [2.24, 2.45) is 10.9 Å². The Balaban J connectivity index is 2.42. The Morgan fingerprint density at radius 3 is 2.12 bits per heavy atom. The number of phenolic OH excluding ortho intramolecular Hbond substituents is 1. The van der Waals surface area contributed by atoms with E-state index in [2.05, 4.69) is 0 Å². The number of hydrogen-bond donors (Lipinski definition) is 4. The first kappa shape index (κ1) is 24.5. The van der Waals surface area contributed by atoms with Crippen molar-refractivity contribution < 1.29 is 18.6 Å². The van der Waals surface area contributed by atoms with Crippen molar-refractivity contribution in [2.75, 3.05) is 6.54 Å². The summed E-state index contributed by atoms with van der Waals surface area (Å²) in [5.41, 5.74) is 7.01. The summed E-state index contributed by atoms with van der Waals surface area (Å²) in [5.74, 6) is -1.30. The Labute approximate surface area is 197 Å². The molecule has 0 fully saturated rings. The number of hydrogen-bond acceptors (Lipinski definition) is 5. The van der Waals surface area contributed by atoms with Gasteiger partial charge in [0.15, 0.2) is 0 Å². The first-order valence-corrected chi connectivity index (χ1v) is 12.1. The summed E-state index contributed by atoms with van der Waals surface area (Å²) in [6.45, 7) is -0.419. The first-order valence-electron chi connectivity index (χ1n) is 9.80. The number of aliphatic hydroxyl groups is 1. The highest BCUT2D eigenvalue weighted by Crippen LogP contribution is 2.50. The van der Waals surface area contributed by atoms with Gasteiger partial charge in [0.1, 0.15) is 10.5 Å². The average Bonchev–Trinajstić information content (AvgIpc) is 2.76. The van der Waals surface area contributed by atoms with E-state index < -0.39 is 33.3 Å². The Bertz CT molecular complexity index is 1190. The lowest BCUT2D eigenvalue weighted by Gasteiger charge is -2.43. The molecular formula is C23H24Cl2N2O4S. The van der Waals surface area contributed by atoms with E-state index in [4.69, 9.17) is 34.1 Å². The van der Waals surface area contributed by atoms with Gasteiger partial charge in [-0.15, -0.1) is 0 Å². The van der Waals surface area contributed by atoms with Crippen LogP contribution in [-0.4, -0.2) is 31.3 Å². The average molecular weight is 495 g/mol. The summed E-state index contributed by atoms with van der Waals surface area (Å²) >= 11 is 12.4. The lowest BCUT2D eigenvalue weighted by Crippen LogP contribution is -2.56. The molecule has 0 bridgehead atoms. The Morgan fingerprint density at radius 2 is 1.56 bits per heavy atom. The van der Waals surface area contributed by atoms with Crippen LogP contribution in [-0.2, 0) is 21.2 Å². The molecule has 0 heterocycles. The van der Waals surface area contributed by atoms with Gasteiger partial charge in [-0.3, -0.25) is 0 Å². The molecule has 0 radical (unpaired) electrons. The van der Waals surface area contributed by atoms with E-state index in [1.807, 2.05) is 30.3 Å². The molecule has 0 aliphatic rings. The van der Waals surface area contributed by atoms with Gasteiger partial charge in [-0.05, 0) is 35.7 Å². The van der Waals surface area contributed by atoms with Crippen molar-refractivity contribution in [3.8, 4) is 5.75 Å². The number of halogens is 2. The number of para-hydroxylation sites is 1. The maximum atomic E-state index is 13.4. The van der Waals surface area contributed by atoms with E-state index in [0.717, 1.165) is 5.56 Å². The summed E-state index contributed by atoms with van der Waals surface area (Å²) < 4.78 is 24.5. The van der Waals surface area contributed by atoms with E-state index in [1.165, 1.54) is 12.1 Å². The largest absolute Gasteiger partial charge is 0.508 e.